The van der Waals surface area contributed by atoms with Crippen molar-refractivity contribution in [3.05, 3.63) is 137 Å². The third kappa shape index (κ3) is 6.15. The van der Waals surface area contributed by atoms with E-state index in [1.165, 1.54) is 10.5 Å². The zero-order chi connectivity index (χ0) is 31.6. The van der Waals surface area contributed by atoms with Gasteiger partial charge in [-0.25, -0.2) is 4.90 Å². The molecular weight excluding hydrogens is 578 g/mol. The molecule has 3 aliphatic heterocycles. The van der Waals surface area contributed by atoms with Crippen LogP contribution in [0.3, 0.4) is 0 Å². The number of ether oxygens (including phenoxy) is 2. The third-order valence-electron chi connectivity index (χ3n) is 9.49. The van der Waals surface area contributed by atoms with Crippen LogP contribution in [0.15, 0.2) is 103 Å². The predicted octanol–water partition coefficient (Wildman–Crippen LogP) is 5.59. The van der Waals surface area contributed by atoms with E-state index in [0.717, 1.165) is 56.0 Å². The fourth-order valence-corrected chi connectivity index (χ4v) is 6.76. The van der Waals surface area contributed by atoms with Crippen molar-refractivity contribution in [1.29, 1.82) is 0 Å². The molecule has 4 aromatic rings. The zero-order valence-corrected chi connectivity index (χ0v) is 26.0. The molecule has 3 aliphatic rings. The van der Waals surface area contributed by atoms with Crippen LogP contribution >= 0.6 is 0 Å². The maximum Gasteiger partial charge on any atom is 0.266 e. The summed E-state index contributed by atoms with van der Waals surface area (Å²) in [4.78, 5) is 32.3. The number of benzene rings is 4. The Morgan fingerprint density at radius 1 is 0.674 bits per heavy atom. The van der Waals surface area contributed by atoms with Crippen LogP contribution in [-0.4, -0.2) is 65.5 Å². The van der Waals surface area contributed by atoms with Gasteiger partial charge in [-0.3, -0.25) is 19.4 Å². The van der Waals surface area contributed by atoms with Gasteiger partial charge in [-0.2, -0.15) is 0 Å². The predicted molar refractivity (Wildman–Crippen MR) is 175 cm³/mol. The van der Waals surface area contributed by atoms with Crippen molar-refractivity contribution in [2.45, 2.75) is 38.6 Å². The number of aliphatic hydroxyl groups excluding tert-OH is 1. The number of anilines is 1. The van der Waals surface area contributed by atoms with Crippen molar-refractivity contribution >= 4 is 17.5 Å². The minimum Gasteiger partial charge on any atom is -0.392 e. The lowest BCUT2D eigenvalue weighted by atomic mass is 9.90. The Hall–Kier alpha value is -4.18. The molecule has 1 N–H and O–H groups in total. The highest BCUT2D eigenvalue weighted by molar-refractivity contribution is 6.34. The molecular formula is C38H39N3O5. The maximum absolute atomic E-state index is 13.1. The highest BCUT2D eigenvalue weighted by Crippen LogP contribution is 2.42. The van der Waals surface area contributed by atoms with Gasteiger partial charge in [-0.15, -0.1) is 0 Å². The number of hydrogen-bond acceptors (Lipinski definition) is 7. The van der Waals surface area contributed by atoms with Crippen molar-refractivity contribution in [3.63, 3.8) is 0 Å². The second-order valence-electron chi connectivity index (χ2n) is 12.5. The van der Waals surface area contributed by atoms with Gasteiger partial charge in [0.1, 0.15) is 0 Å². The quantitative estimate of drug-likeness (QED) is 0.258. The monoisotopic (exact) mass is 617 g/mol. The summed E-state index contributed by atoms with van der Waals surface area (Å²) in [6.45, 7) is 7.87. The lowest BCUT2D eigenvalue weighted by Gasteiger charge is -2.44. The number of nitrogens with zero attached hydrogens (tertiary/aromatic N) is 3. The summed E-state index contributed by atoms with van der Waals surface area (Å²) >= 11 is 0. The van der Waals surface area contributed by atoms with Crippen LogP contribution in [-0.2, 0) is 22.6 Å². The first-order valence-corrected chi connectivity index (χ1v) is 16.1. The molecule has 7 rings (SSSR count). The van der Waals surface area contributed by atoms with Crippen molar-refractivity contribution in [2.75, 3.05) is 37.6 Å². The fraction of sp³-hybridized carbons (Fsp3) is 0.316. The summed E-state index contributed by atoms with van der Waals surface area (Å²) < 4.78 is 13.3. The first-order valence-electron chi connectivity index (χ1n) is 16.1. The number of rotatable bonds is 8. The molecule has 0 aliphatic carbocycles. The second kappa shape index (κ2) is 13.3. The van der Waals surface area contributed by atoms with Gasteiger partial charge in [-0.1, -0.05) is 85.8 Å². The van der Waals surface area contributed by atoms with E-state index in [4.69, 9.17) is 9.47 Å². The van der Waals surface area contributed by atoms with E-state index < -0.39 is 6.29 Å². The van der Waals surface area contributed by atoms with Gasteiger partial charge in [0.2, 0.25) is 0 Å². The first kappa shape index (κ1) is 30.5. The Morgan fingerprint density at radius 3 is 1.89 bits per heavy atom. The van der Waals surface area contributed by atoms with Crippen LogP contribution < -0.4 is 4.90 Å². The van der Waals surface area contributed by atoms with Crippen molar-refractivity contribution < 1.29 is 24.2 Å². The van der Waals surface area contributed by atoms with Crippen molar-refractivity contribution in [2.24, 2.45) is 5.92 Å². The lowest BCUT2D eigenvalue weighted by molar-refractivity contribution is -0.276. The van der Waals surface area contributed by atoms with E-state index in [-0.39, 0.29) is 36.5 Å². The molecule has 2 fully saturated rings. The summed E-state index contributed by atoms with van der Waals surface area (Å²) in [7, 11) is 0. The molecule has 4 aromatic carbocycles. The van der Waals surface area contributed by atoms with Crippen LogP contribution in [0.1, 0.15) is 62.3 Å². The molecule has 2 saturated heterocycles. The summed E-state index contributed by atoms with van der Waals surface area (Å²) in [5.74, 6) is -0.554. The highest BCUT2D eigenvalue weighted by Gasteiger charge is 2.40. The topological polar surface area (TPSA) is 82.6 Å². The molecule has 8 nitrogen and oxygen atoms in total. The van der Waals surface area contributed by atoms with E-state index in [0.29, 0.717) is 16.8 Å². The molecule has 0 spiro atoms. The number of amides is 2. The summed E-state index contributed by atoms with van der Waals surface area (Å²) in [5.41, 5.74) is 5.41. The largest absolute Gasteiger partial charge is 0.392 e. The standard InChI is InChI=1S/C38H39N3O5/c1-26-34(24-40-21-19-39(20-22-40)23-27-7-3-2-4-8-27)45-38(46-35(26)29-13-11-28(25-42)12-14-29)30-15-17-31(18-16-30)41-36(43)32-9-5-6-10-33(32)37(41)44/h2-18,26,34-35,38,42H,19-25H2,1H3. The molecule has 0 saturated carbocycles. The van der Waals surface area contributed by atoms with Gasteiger partial charge in [0.15, 0.2) is 6.29 Å². The average molecular weight is 618 g/mol. The number of fused-ring (bicyclic) bond motifs is 1. The zero-order valence-electron chi connectivity index (χ0n) is 26.0. The third-order valence-corrected chi connectivity index (χ3v) is 9.49. The lowest BCUT2D eigenvalue weighted by Crippen LogP contribution is -2.51. The molecule has 0 bridgehead atoms. The molecule has 8 heteroatoms. The van der Waals surface area contributed by atoms with E-state index in [1.54, 1.807) is 36.4 Å². The molecule has 236 valence electrons. The Kier molecular flexibility index (Phi) is 8.80. The Balaban J connectivity index is 1.08. The van der Waals surface area contributed by atoms with E-state index in [9.17, 15) is 14.7 Å². The van der Waals surface area contributed by atoms with Crippen LogP contribution in [0.25, 0.3) is 0 Å². The Labute approximate surface area is 269 Å². The van der Waals surface area contributed by atoms with Crippen LogP contribution in [0.2, 0.25) is 0 Å². The number of hydrogen-bond donors (Lipinski definition) is 1. The van der Waals surface area contributed by atoms with E-state index in [2.05, 4.69) is 47.1 Å². The van der Waals surface area contributed by atoms with Crippen molar-refractivity contribution in [1.82, 2.24) is 9.80 Å². The molecule has 46 heavy (non-hydrogen) atoms. The molecule has 2 amide bonds. The fourth-order valence-electron chi connectivity index (χ4n) is 6.76. The van der Waals surface area contributed by atoms with Crippen LogP contribution in [0.5, 0.6) is 0 Å². The molecule has 0 radical (unpaired) electrons. The summed E-state index contributed by atoms with van der Waals surface area (Å²) in [5, 5.41) is 9.59. The second-order valence-corrected chi connectivity index (χ2v) is 12.5. The van der Waals surface area contributed by atoms with Gasteiger partial charge in [0.25, 0.3) is 11.8 Å². The number of aliphatic hydroxyl groups is 1. The van der Waals surface area contributed by atoms with Gasteiger partial charge >= 0.3 is 0 Å². The molecule has 4 atom stereocenters. The van der Waals surface area contributed by atoms with Gasteiger partial charge in [-0.05, 0) is 41.0 Å². The smallest absolute Gasteiger partial charge is 0.266 e. The number of carbonyl (C=O) groups excluding carboxylic acids is 2. The van der Waals surface area contributed by atoms with Gasteiger partial charge in [0, 0.05) is 50.7 Å². The number of imide groups is 1. The van der Waals surface area contributed by atoms with Crippen molar-refractivity contribution in [3.8, 4) is 0 Å². The number of piperazine rings is 1. The van der Waals surface area contributed by atoms with Gasteiger partial charge in [0.05, 0.1) is 35.6 Å². The maximum atomic E-state index is 13.1. The molecule has 4 unspecified atom stereocenters. The highest BCUT2D eigenvalue weighted by atomic mass is 16.7. The normalized spacial score (nSPS) is 23.9. The summed E-state index contributed by atoms with van der Waals surface area (Å²) in [6.07, 6.45) is -0.927. The average Bonchev–Trinajstić information content (AvgIpc) is 3.36. The van der Waals surface area contributed by atoms with Crippen LogP contribution in [0, 0.1) is 5.92 Å². The van der Waals surface area contributed by atoms with Gasteiger partial charge < -0.3 is 14.6 Å². The van der Waals surface area contributed by atoms with E-state index in [1.807, 2.05) is 36.4 Å². The Morgan fingerprint density at radius 2 is 1.26 bits per heavy atom. The minimum absolute atomic E-state index is 0.00851. The van der Waals surface area contributed by atoms with Crippen LogP contribution in [0.4, 0.5) is 5.69 Å². The number of carbonyl (C=O) groups is 2. The Bertz CT molecular complexity index is 1630. The molecule has 3 heterocycles. The summed E-state index contributed by atoms with van der Waals surface area (Å²) in [6, 6.07) is 32.8. The SMILES string of the molecule is CC1C(CN2CCN(Cc3ccccc3)CC2)OC(c2ccc(N3C(=O)c4ccccc4C3=O)cc2)OC1c1ccc(CO)cc1. The minimum atomic E-state index is -0.626. The molecule has 0 aromatic heterocycles. The van der Waals surface area contributed by atoms with E-state index >= 15 is 0 Å². The first-order chi connectivity index (χ1) is 22.5.